The maximum atomic E-state index is 13.1. The third-order valence-corrected chi connectivity index (χ3v) is 5.71. The number of ether oxygens (including phenoxy) is 1. The SMILES string of the molecule is CCOc1ccc(Cl)c(/C(O)=C2/C(=O)C(=O)N(c3ccc(CC)cc3)C2c2ccco2)c1. The zero-order valence-electron chi connectivity index (χ0n) is 17.7. The molecule has 1 unspecified atom stereocenters. The minimum atomic E-state index is -0.940. The molecule has 1 amide bonds. The zero-order chi connectivity index (χ0) is 22.8. The number of hydrogen-bond acceptors (Lipinski definition) is 5. The topological polar surface area (TPSA) is 80.0 Å². The molecule has 3 aromatic rings. The van der Waals surface area contributed by atoms with Crippen LogP contribution in [0.3, 0.4) is 0 Å². The number of benzene rings is 2. The molecule has 0 bridgehead atoms. The lowest BCUT2D eigenvalue weighted by molar-refractivity contribution is -0.132. The van der Waals surface area contributed by atoms with Gasteiger partial charge in [0, 0.05) is 11.3 Å². The van der Waals surface area contributed by atoms with Crippen molar-refractivity contribution in [1.29, 1.82) is 0 Å². The van der Waals surface area contributed by atoms with Crippen molar-refractivity contribution < 1.29 is 23.8 Å². The number of aliphatic hydroxyl groups is 1. The molecule has 1 aromatic heterocycles. The number of furan rings is 1. The Morgan fingerprint density at radius 3 is 2.50 bits per heavy atom. The Balaban J connectivity index is 1.90. The van der Waals surface area contributed by atoms with Crippen molar-refractivity contribution in [1.82, 2.24) is 0 Å². The second-order valence-corrected chi connectivity index (χ2v) is 7.69. The largest absolute Gasteiger partial charge is 0.507 e. The van der Waals surface area contributed by atoms with Gasteiger partial charge in [-0.1, -0.05) is 30.7 Å². The minimum Gasteiger partial charge on any atom is -0.507 e. The summed E-state index contributed by atoms with van der Waals surface area (Å²) in [5.41, 5.74) is 1.73. The van der Waals surface area contributed by atoms with Gasteiger partial charge in [0.05, 0.1) is 23.5 Å². The van der Waals surface area contributed by atoms with E-state index in [9.17, 15) is 14.7 Å². The molecular weight excluding hydrogens is 430 g/mol. The average molecular weight is 452 g/mol. The quantitative estimate of drug-likeness (QED) is 0.303. The summed E-state index contributed by atoms with van der Waals surface area (Å²) in [6.07, 6.45) is 2.30. The van der Waals surface area contributed by atoms with Gasteiger partial charge < -0.3 is 14.3 Å². The number of rotatable bonds is 6. The summed E-state index contributed by atoms with van der Waals surface area (Å²) in [5.74, 6) is -1.13. The first-order chi connectivity index (χ1) is 15.5. The molecule has 1 aliphatic rings. The molecule has 2 heterocycles. The van der Waals surface area contributed by atoms with Crippen LogP contribution in [-0.2, 0) is 16.0 Å². The fourth-order valence-corrected chi connectivity index (χ4v) is 4.00. The van der Waals surface area contributed by atoms with Crippen molar-refractivity contribution in [2.45, 2.75) is 26.3 Å². The van der Waals surface area contributed by atoms with Gasteiger partial charge in [-0.15, -0.1) is 0 Å². The van der Waals surface area contributed by atoms with Crippen molar-refractivity contribution >= 4 is 34.7 Å². The fraction of sp³-hybridized carbons (Fsp3) is 0.200. The van der Waals surface area contributed by atoms with Crippen molar-refractivity contribution in [3.8, 4) is 5.75 Å². The predicted octanol–water partition coefficient (Wildman–Crippen LogP) is 5.52. The van der Waals surface area contributed by atoms with Gasteiger partial charge in [-0.25, -0.2) is 0 Å². The van der Waals surface area contributed by atoms with Crippen LogP contribution in [0.25, 0.3) is 5.76 Å². The van der Waals surface area contributed by atoms with Crippen LogP contribution in [0.2, 0.25) is 5.02 Å². The molecule has 1 saturated heterocycles. The smallest absolute Gasteiger partial charge is 0.300 e. The molecule has 0 radical (unpaired) electrons. The highest BCUT2D eigenvalue weighted by atomic mass is 35.5. The number of nitrogens with zero attached hydrogens (tertiary/aromatic N) is 1. The normalized spacial score (nSPS) is 17.7. The van der Waals surface area contributed by atoms with E-state index in [4.69, 9.17) is 20.8 Å². The van der Waals surface area contributed by atoms with Crippen LogP contribution in [0.4, 0.5) is 5.69 Å². The summed E-state index contributed by atoms with van der Waals surface area (Å²) in [4.78, 5) is 27.6. The second kappa shape index (κ2) is 8.93. The summed E-state index contributed by atoms with van der Waals surface area (Å²) < 4.78 is 11.1. The van der Waals surface area contributed by atoms with Gasteiger partial charge in [-0.05, 0) is 61.4 Å². The highest BCUT2D eigenvalue weighted by Crippen LogP contribution is 2.43. The van der Waals surface area contributed by atoms with Crippen LogP contribution < -0.4 is 9.64 Å². The zero-order valence-corrected chi connectivity index (χ0v) is 18.4. The molecule has 4 rings (SSSR count). The molecule has 32 heavy (non-hydrogen) atoms. The van der Waals surface area contributed by atoms with Crippen LogP contribution in [0.15, 0.2) is 70.9 Å². The van der Waals surface area contributed by atoms with Gasteiger partial charge in [0.15, 0.2) is 0 Å². The van der Waals surface area contributed by atoms with E-state index in [-0.39, 0.29) is 21.9 Å². The number of carbonyl (C=O) groups excluding carboxylic acids is 2. The first-order valence-corrected chi connectivity index (χ1v) is 10.7. The Bertz CT molecular complexity index is 1180. The summed E-state index contributed by atoms with van der Waals surface area (Å²) in [5, 5.41) is 11.4. The van der Waals surface area contributed by atoms with E-state index < -0.39 is 17.7 Å². The standard InChI is InChI=1S/C25H22ClNO5/c1-3-15-7-9-16(10-8-15)27-22(20-6-5-13-32-20)21(24(29)25(27)30)23(28)18-14-17(31-4-2)11-12-19(18)26/h5-14,22,28H,3-4H2,1-2H3/b23-21-. The average Bonchev–Trinajstić information content (AvgIpc) is 3.42. The van der Waals surface area contributed by atoms with E-state index in [1.54, 1.807) is 42.5 Å². The summed E-state index contributed by atoms with van der Waals surface area (Å²) in [6, 6.07) is 14.5. The van der Waals surface area contributed by atoms with Crippen molar-refractivity contribution in [3.05, 3.63) is 88.3 Å². The number of carbonyl (C=O) groups is 2. The first kappa shape index (κ1) is 21.7. The molecule has 1 atom stereocenters. The van der Waals surface area contributed by atoms with E-state index in [2.05, 4.69) is 0 Å². The Morgan fingerprint density at radius 1 is 1.12 bits per heavy atom. The summed E-state index contributed by atoms with van der Waals surface area (Å²) >= 11 is 6.33. The van der Waals surface area contributed by atoms with Gasteiger partial charge in [0.1, 0.15) is 23.3 Å². The van der Waals surface area contributed by atoms with Crippen LogP contribution in [0.5, 0.6) is 5.75 Å². The number of amides is 1. The first-order valence-electron chi connectivity index (χ1n) is 10.3. The lowest BCUT2D eigenvalue weighted by atomic mass is 9.99. The predicted molar refractivity (Wildman–Crippen MR) is 122 cm³/mol. The molecule has 6 nitrogen and oxygen atoms in total. The lowest BCUT2D eigenvalue weighted by Crippen LogP contribution is -2.29. The van der Waals surface area contributed by atoms with Crippen molar-refractivity contribution in [3.63, 3.8) is 0 Å². The van der Waals surface area contributed by atoms with Gasteiger partial charge in [0.25, 0.3) is 11.7 Å². The van der Waals surface area contributed by atoms with Crippen LogP contribution in [-0.4, -0.2) is 23.4 Å². The molecule has 1 aliphatic heterocycles. The Labute approximate surface area is 190 Å². The van der Waals surface area contributed by atoms with E-state index in [1.807, 2.05) is 26.0 Å². The van der Waals surface area contributed by atoms with E-state index in [0.717, 1.165) is 12.0 Å². The van der Waals surface area contributed by atoms with Crippen LogP contribution in [0, 0.1) is 0 Å². The monoisotopic (exact) mass is 451 g/mol. The second-order valence-electron chi connectivity index (χ2n) is 7.28. The number of aliphatic hydroxyl groups excluding tert-OH is 1. The Hall–Kier alpha value is -3.51. The molecule has 1 N–H and O–H groups in total. The van der Waals surface area contributed by atoms with Gasteiger partial charge in [-0.3, -0.25) is 14.5 Å². The van der Waals surface area contributed by atoms with Crippen LogP contribution >= 0.6 is 11.6 Å². The third-order valence-electron chi connectivity index (χ3n) is 5.38. The molecule has 0 saturated carbocycles. The molecule has 164 valence electrons. The number of halogens is 1. The highest BCUT2D eigenvalue weighted by Gasteiger charge is 2.48. The number of anilines is 1. The van der Waals surface area contributed by atoms with Crippen LogP contribution in [0.1, 0.15) is 36.8 Å². The molecule has 1 fully saturated rings. The summed E-state index contributed by atoms with van der Waals surface area (Å²) in [6.45, 7) is 4.29. The van der Waals surface area contributed by atoms with E-state index in [0.29, 0.717) is 23.8 Å². The maximum absolute atomic E-state index is 13.1. The molecular formula is C25H22ClNO5. The Kier molecular flexibility index (Phi) is 6.06. The molecule has 2 aromatic carbocycles. The number of aryl methyl sites for hydroxylation is 1. The van der Waals surface area contributed by atoms with Gasteiger partial charge in [0.2, 0.25) is 0 Å². The third kappa shape index (κ3) is 3.78. The van der Waals surface area contributed by atoms with Gasteiger partial charge >= 0.3 is 0 Å². The lowest BCUT2D eigenvalue weighted by Gasteiger charge is -2.23. The minimum absolute atomic E-state index is 0.0972. The number of ketones is 1. The van der Waals surface area contributed by atoms with E-state index in [1.165, 1.54) is 11.2 Å². The van der Waals surface area contributed by atoms with Crippen molar-refractivity contribution in [2.24, 2.45) is 0 Å². The summed E-state index contributed by atoms with van der Waals surface area (Å²) in [7, 11) is 0. The fourth-order valence-electron chi connectivity index (χ4n) is 3.79. The molecule has 7 heteroatoms. The maximum Gasteiger partial charge on any atom is 0.300 e. The Morgan fingerprint density at radius 2 is 1.88 bits per heavy atom. The van der Waals surface area contributed by atoms with E-state index >= 15 is 0 Å². The van der Waals surface area contributed by atoms with Gasteiger partial charge in [-0.2, -0.15) is 0 Å². The molecule has 0 spiro atoms. The number of hydrogen-bond donors (Lipinski definition) is 1. The molecule has 0 aliphatic carbocycles. The van der Waals surface area contributed by atoms with Crippen molar-refractivity contribution in [2.75, 3.05) is 11.5 Å². The number of Topliss-reactive ketones (excluding diaryl/α,β-unsaturated/α-hetero) is 1. The highest BCUT2D eigenvalue weighted by molar-refractivity contribution is 6.51.